The van der Waals surface area contributed by atoms with Crippen LogP contribution in [0.1, 0.15) is 71.1 Å². The smallest absolute Gasteiger partial charge is 0.0964 e. The second-order valence-corrected chi connectivity index (χ2v) is 6.00. The first-order valence-corrected chi connectivity index (χ1v) is 8.52. The van der Waals surface area contributed by atoms with E-state index in [9.17, 15) is 0 Å². The van der Waals surface area contributed by atoms with Crippen molar-refractivity contribution in [2.45, 2.75) is 77.3 Å². The third-order valence-corrected chi connectivity index (χ3v) is 4.18. The van der Waals surface area contributed by atoms with Crippen LogP contribution in [-0.4, -0.2) is 6.17 Å². The Morgan fingerprint density at radius 2 is 1.25 bits per heavy atom. The number of hydrogen-bond acceptors (Lipinski definition) is 2. The molecule has 0 aliphatic carbocycles. The predicted octanol–water partition coefficient (Wildman–Crippen LogP) is 5.77. The molecule has 1 heterocycles. The van der Waals surface area contributed by atoms with Crippen LogP contribution in [0.3, 0.4) is 0 Å². The van der Waals surface area contributed by atoms with Gasteiger partial charge in [-0.05, 0) is 25.0 Å². The third-order valence-electron chi connectivity index (χ3n) is 4.18. The maximum absolute atomic E-state index is 3.55. The van der Waals surface area contributed by atoms with Crippen LogP contribution in [0.5, 0.6) is 0 Å². The number of nitrogens with one attached hydrogen (secondary N) is 2. The van der Waals surface area contributed by atoms with Crippen LogP contribution in [0, 0.1) is 0 Å². The lowest BCUT2D eigenvalue weighted by molar-refractivity contribution is 0.548. The summed E-state index contributed by atoms with van der Waals surface area (Å²) < 4.78 is 0. The van der Waals surface area contributed by atoms with Gasteiger partial charge < -0.3 is 10.6 Å². The largest absolute Gasteiger partial charge is 0.364 e. The zero-order valence-corrected chi connectivity index (χ0v) is 13.0. The average Bonchev–Trinajstić information content (AvgIpc) is 2.88. The van der Waals surface area contributed by atoms with Gasteiger partial charge in [-0.2, -0.15) is 0 Å². The van der Waals surface area contributed by atoms with E-state index in [1.165, 1.54) is 75.6 Å². The van der Waals surface area contributed by atoms with E-state index in [1.54, 1.807) is 0 Å². The maximum atomic E-state index is 3.55. The van der Waals surface area contributed by atoms with E-state index in [2.05, 4.69) is 41.8 Å². The van der Waals surface area contributed by atoms with Gasteiger partial charge >= 0.3 is 0 Å². The summed E-state index contributed by atoms with van der Waals surface area (Å²) in [5.41, 5.74) is 2.52. The lowest BCUT2D eigenvalue weighted by atomic mass is 10.1. The Balaban J connectivity index is 1.45. The summed E-state index contributed by atoms with van der Waals surface area (Å²) in [7, 11) is 0. The molecule has 0 radical (unpaired) electrons. The van der Waals surface area contributed by atoms with Crippen molar-refractivity contribution in [3.8, 4) is 0 Å². The first-order chi connectivity index (χ1) is 9.90. The number of para-hydroxylation sites is 2. The normalized spacial score (nSPS) is 13.8. The molecule has 1 aliphatic rings. The van der Waals surface area contributed by atoms with Crippen LogP contribution in [-0.2, 0) is 0 Å². The Morgan fingerprint density at radius 3 is 1.80 bits per heavy atom. The Kier molecular flexibility index (Phi) is 6.76. The molecule has 1 aromatic rings. The van der Waals surface area contributed by atoms with E-state index >= 15 is 0 Å². The predicted molar refractivity (Wildman–Crippen MR) is 89.3 cm³/mol. The van der Waals surface area contributed by atoms with Gasteiger partial charge in [0.2, 0.25) is 0 Å². The summed E-state index contributed by atoms with van der Waals surface area (Å²) in [6, 6.07) is 8.49. The molecule has 0 atom stereocenters. The highest BCUT2D eigenvalue weighted by atomic mass is 15.2. The van der Waals surface area contributed by atoms with Crippen molar-refractivity contribution in [3.05, 3.63) is 24.3 Å². The first-order valence-electron chi connectivity index (χ1n) is 8.52. The third kappa shape index (κ3) is 5.07. The zero-order chi connectivity index (χ0) is 14.0. The van der Waals surface area contributed by atoms with Gasteiger partial charge in [0.25, 0.3) is 0 Å². The van der Waals surface area contributed by atoms with Crippen molar-refractivity contribution in [1.29, 1.82) is 0 Å². The fourth-order valence-electron chi connectivity index (χ4n) is 2.95. The Bertz CT molecular complexity index is 350. The monoisotopic (exact) mass is 274 g/mol. The van der Waals surface area contributed by atoms with E-state index in [4.69, 9.17) is 0 Å². The molecule has 0 spiro atoms. The molecule has 2 N–H and O–H groups in total. The first kappa shape index (κ1) is 15.2. The molecule has 1 aliphatic heterocycles. The van der Waals surface area contributed by atoms with E-state index in [-0.39, 0.29) is 0 Å². The quantitative estimate of drug-likeness (QED) is 0.529. The van der Waals surface area contributed by atoms with Crippen LogP contribution in [0.4, 0.5) is 11.4 Å². The number of rotatable bonds is 10. The minimum absolute atomic E-state index is 0.442. The molecule has 0 unspecified atom stereocenters. The summed E-state index contributed by atoms with van der Waals surface area (Å²) in [5.74, 6) is 0. The maximum Gasteiger partial charge on any atom is 0.0964 e. The summed E-state index contributed by atoms with van der Waals surface area (Å²) in [6.45, 7) is 2.28. The molecule has 0 bridgehead atoms. The van der Waals surface area contributed by atoms with Crippen LogP contribution in [0.2, 0.25) is 0 Å². The van der Waals surface area contributed by atoms with Gasteiger partial charge in [-0.3, -0.25) is 0 Å². The number of benzene rings is 1. The van der Waals surface area contributed by atoms with Crippen LogP contribution in [0.25, 0.3) is 0 Å². The minimum Gasteiger partial charge on any atom is -0.364 e. The lowest BCUT2D eigenvalue weighted by Gasteiger charge is -2.11. The number of fused-ring (bicyclic) bond motifs is 1. The van der Waals surface area contributed by atoms with Crippen molar-refractivity contribution in [2.75, 3.05) is 10.6 Å². The Morgan fingerprint density at radius 1 is 0.750 bits per heavy atom. The van der Waals surface area contributed by atoms with E-state index in [1.807, 2.05) is 0 Å². The second-order valence-electron chi connectivity index (χ2n) is 6.00. The molecular weight excluding hydrogens is 244 g/mol. The molecule has 0 amide bonds. The zero-order valence-electron chi connectivity index (χ0n) is 13.0. The van der Waals surface area contributed by atoms with E-state index < -0.39 is 0 Å². The molecule has 2 rings (SSSR count). The van der Waals surface area contributed by atoms with Gasteiger partial charge in [-0.15, -0.1) is 0 Å². The van der Waals surface area contributed by atoms with Gasteiger partial charge in [0.15, 0.2) is 0 Å². The summed E-state index contributed by atoms with van der Waals surface area (Å²) >= 11 is 0. The molecule has 1 aromatic carbocycles. The molecule has 20 heavy (non-hydrogen) atoms. The molecule has 0 fully saturated rings. The summed E-state index contributed by atoms with van der Waals surface area (Å²) in [6.07, 6.45) is 14.3. The van der Waals surface area contributed by atoms with E-state index in [0.717, 1.165) is 0 Å². The number of unbranched alkanes of at least 4 members (excludes halogenated alkanes) is 8. The van der Waals surface area contributed by atoms with Crippen molar-refractivity contribution < 1.29 is 0 Å². The highest BCUT2D eigenvalue weighted by molar-refractivity contribution is 5.73. The van der Waals surface area contributed by atoms with Gasteiger partial charge in [-0.25, -0.2) is 0 Å². The van der Waals surface area contributed by atoms with Crippen LogP contribution >= 0.6 is 0 Å². The fourth-order valence-corrected chi connectivity index (χ4v) is 2.95. The summed E-state index contributed by atoms with van der Waals surface area (Å²) in [4.78, 5) is 0. The lowest BCUT2D eigenvalue weighted by Crippen LogP contribution is -2.21. The van der Waals surface area contributed by atoms with Crippen LogP contribution < -0.4 is 10.6 Å². The van der Waals surface area contributed by atoms with Gasteiger partial charge in [0, 0.05) is 0 Å². The Hall–Kier alpha value is -1.18. The molecular formula is C18H30N2. The minimum atomic E-state index is 0.442. The van der Waals surface area contributed by atoms with Crippen molar-refractivity contribution in [1.82, 2.24) is 0 Å². The topological polar surface area (TPSA) is 24.1 Å². The van der Waals surface area contributed by atoms with Gasteiger partial charge in [-0.1, -0.05) is 70.4 Å². The summed E-state index contributed by atoms with van der Waals surface area (Å²) in [5, 5.41) is 7.10. The Labute approximate surface area is 124 Å². The standard InChI is InChI=1S/C18H30N2/c1-2-3-4-5-6-7-8-9-10-15-18-19-16-13-11-12-14-17(16)20-18/h11-14,18-20H,2-10,15H2,1H3. The van der Waals surface area contributed by atoms with Gasteiger partial charge in [0.05, 0.1) is 17.5 Å². The van der Waals surface area contributed by atoms with E-state index in [0.29, 0.717) is 6.17 Å². The molecule has 112 valence electrons. The number of hydrogen-bond donors (Lipinski definition) is 2. The fraction of sp³-hybridized carbons (Fsp3) is 0.667. The van der Waals surface area contributed by atoms with Crippen molar-refractivity contribution in [2.24, 2.45) is 0 Å². The van der Waals surface area contributed by atoms with Gasteiger partial charge in [0.1, 0.15) is 0 Å². The molecule has 0 saturated carbocycles. The number of anilines is 2. The SMILES string of the molecule is CCCCCCCCCCCC1Nc2ccccc2N1. The molecule has 2 heteroatoms. The van der Waals surface area contributed by atoms with Crippen LogP contribution in [0.15, 0.2) is 24.3 Å². The highest BCUT2D eigenvalue weighted by Gasteiger charge is 2.17. The molecule has 0 saturated heterocycles. The average molecular weight is 274 g/mol. The second kappa shape index (κ2) is 8.89. The molecule has 2 nitrogen and oxygen atoms in total. The van der Waals surface area contributed by atoms with Crippen molar-refractivity contribution >= 4 is 11.4 Å². The highest BCUT2D eigenvalue weighted by Crippen LogP contribution is 2.29. The van der Waals surface area contributed by atoms with Crippen molar-refractivity contribution in [3.63, 3.8) is 0 Å². The molecule has 0 aromatic heterocycles.